The monoisotopic (exact) mass is 367 g/mol. The van der Waals surface area contributed by atoms with Gasteiger partial charge < -0.3 is 4.74 Å². The molecule has 0 aliphatic carbocycles. The molecule has 0 aromatic heterocycles. The third-order valence-electron chi connectivity index (χ3n) is 5.39. The lowest BCUT2D eigenvalue weighted by atomic mass is 9.83. The first-order chi connectivity index (χ1) is 13.7. The lowest BCUT2D eigenvalue weighted by Crippen LogP contribution is -2.11. The van der Waals surface area contributed by atoms with Crippen molar-refractivity contribution in [2.45, 2.75) is 12.0 Å². The van der Waals surface area contributed by atoms with Gasteiger partial charge in [-0.3, -0.25) is 10.1 Å². The van der Waals surface area contributed by atoms with E-state index in [-0.39, 0.29) is 22.6 Å². The number of non-ortho nitro benzene ring substituents is 1. The highest BCUT2D eigenvalue weighted by atomic mass is 16.6. The third kappa shape index (κ3) is 2.62. The molecule has 1 heterocycles. The van der Waals surface area contributed by atoms with Crippen molar-refractivity contribution < 1.29 is 9.66 Å². The van der Waals surface area contributed by atoms with E-state index in [4.69, 9.17) is 4.74 Å². The Morgan fingerprint density at radius 2 is 1.46 bits per heavy atom. The average molecular weight is 367 g/mol. The van der Waals surface area contributed by atoms with E-state index in [0.29, 0.717) is 0 Å². The zero-order valence-electron chi connectivity index (χ0n) is 15.0. The number of nitro groups is 1. The van der Waals surface area contributed by atoms with E-state index in [1.54, 1.807) is 24.3 Å². The van der Waals surface area contributed by atoms with Crippen LogP contribution in [0.15, 0.2) is 91.0 Å². The normalized spacial score (nSPS) is 17.9. The molecular formula is C24H17NO3. The molecular weight excluding hydrogens is 350 g/mol. The van der Waals surface area contributed by atoms with E-state index >= 15 is 0 Å². The number of benzene rings is 4. The zero-order chi connectivity index (χ0) is 19.1. The van der Waals surface area contributed by atoms with Gasteiger partial charge in [0.1, 0.15) is 11.9 Å². The number of hydrogen-bond donors (Lipinski definition) is 0. The molecule has 0 radical (unpaired) electrons. The number of ether oxygens (including phenoxy) is 1. The van der Waals surface area contributed by atoms with Crippen LogP contribution in [0.4, 0.5) is 5.69 Å². The van der Waals surface area contributed by atoms with Gasteiger partial charge in [0, 0.05) is 17.7 Å². The second kappa shape index (κ2) is 6.50. The fourth-order valence-corrected chi connectivity index (χ4v) is 4.10. The minimum atomic E-state index is -0.379. The molecule has 0 N–H and O–H groups in total. The van der Waals surface area contributed by atoms with E-state index in [1.807, 2.05) is 36.4 Å². The summed E-state index contributed by atoms with van der Waals surface area (Å²) in [5.41, 5.74) is 3.36. The molecule has 4 heteroatoms. The second-order valence-corrected chi connectivity index (χ2v) is 6.97. The molecule has 0 saturated carbocycles. The lowest BCUT2D eigenvalue weighted by molar-refractivity contribution is -0.384. The molecule has 0 saturated heterocycles. The smallest absolute Gasteiger partial charge is 0.269 e. The molecule has 4 aromatic carbocycles. The van der Waals surface area contributed by atoms with Crippen LogP contribution in [0.1, 0.15) is 28.7 Å². The topological polar surface area (TPSA) is 52.4 Å². The Labute approximate surface area is 162 Å². The van der Waals surface area contributed by atoms with Gasteiger partial charge in [0.25, 0.3) is 5.69 Å². The first kappa shape index (κ1) is 16.5. The molecule has 1 aliphatic heterocycles. The van der Waals surface area contributed by atoms with Gasteiger partial charge in [0.15, 0.2) is 0 Å². The van der Waals surface area contributed by atoms with Crippen LogP contribution in [-0.2, 0) is 0 Å². The Morgan fingerprint density at radius 3 is 2.21 bits per heavy atom. The van der Waals surface area contributed by atoms with Crippen LogP contribution in [0.3, 0.4) is 0 Å². The molecule has 0 spiro atoms. The summed E-state index contributed by atoms with van der Waals surface area (Å²) in [5.74, 6) is 0.889. The summed E-state index contributed by atoms with van der Waals surface area (Å²) in [6.45, 7) is 0. The van der Waals surface area contributed by atoms with Gasteiger partial charge in [-0.25, -0.2) is 0 Å². The highest BCUT2D eigenvalue weighted by molar-refractivity contribution is 5.89. The van der Waals surface area contributed by atoms with Crippen molar-refractivity contribution in [3.05, 3.63) is 118 Å². The van der Waals surface area contributed by atoms with Crippen LogP contribution in [-0.4, -0.2) is 4.92 Å². The van der Waals surface area contributed by atoms with Gasteiger partial charge in [0.05, 0.1) is 10.8 Å². The SMILES string of the molecule is O=[N+]([O-])c1ccc(C2Oc3ccc4ccccc4c3C2c2ccccc2)cc1. The van der Waals surface area contributed by atoms with Crippen LogP contribution >= 0.6 is 0 Å². The summed E-state index contributed by atoms with van der Waals surface area (Å²) < 4.78 is 6.40. The van der Waals surface area contributed by atoms with E-state index in [9.17, 15) is 10.1 Å². The minimum Gasteiger partial charge on any atom is -0.484 e. The van der Waals surface area contributed by atoms with E-state index < -0.39 is 0 Å². The van der Waals surface area contributed by atoms with Crippen LogP contribution < -0.4 is 4.74 Å². The Morgan fingerprint density at radius 1 is 0.750 bits per heavy atom. The van der Waals surface area contributed by atoms with Crippen molar-refractivity contribution in [2.24, 2.45) is 0 Å². The van der Waals surface area contributed by atoms with Crippen LogP contribution in [0.2, 0.25) is 0 Å². The highest BCUT2D eigenvalue weighted by Crippen LogP contribution is 2.52. The van der Waals surface area contributed by atoms with Crippen LogP contribution in [0.5, 0.6) is 5.75 Å². The molecule has 5 rings (SSSR count). The van der Waals surface area contributed by atoms with Crippen molar-refractivity contribution in [3.63, 3.8) is 0 Å². The highest BCUT2D eigenvalue weighted by Gasteiger charge is 2.38. The van der Waals surface area contributed by atoms with Crippen LogP contribution in [0.25, 0.3) is 10.8 Å². The Hall–Kier alpha value is -3.66. The average Bonchev–Trinajstić information content (AvgIpc) is 3.14. The van der Waals surface area contributed by atoms with E-state index in [1.165, 1.54) is 21.9 Å². The number of nitro benzene ring substituents is 1. The predicted molar refractivity (Wildman–Crippen MR) is 109 cm³/mol. The number of rotatable bonds is 3. The summed E-state index contributed by atoms with van der Waals surface area (Å²) in [7, 11) is 0. The second-order valence-electron chi connectivity index (χ2n) is 6.97. The van der Waals surface area contributed by atoms with E-state index in [0.717, 1.165) is 11.3 Å². The van der Waals surface area contributed by atoms with Gasteiger partial charge in [-0.2, -0.15) is 0 Å². The fraction of sp³-hybridized carbons (Fsp3) is 0.0833. The largest absolute Gasteiger partial charge is 0.484 e. The molecule has 4 aromatic rings. The first-order valence-electron chi connectivity index (χ1n) is 9.20. The summed E-state index contributed by atoms with van der Waals surface area (Å²) in [6, 6.07) is 29.4. The molecule has 2 atom stereocenters. The van der Waals surface area contributed by atoms with Crippen molar-refractivity contribution >= 4 is 16.5 Å². The van der Waals surface area contributed by atoms with Gasteiger partial charge in [-0.15, -0.1) is 0 Å². The Balaban J connectivity index is 1.69. The van der Waals surface area contributed by atoms with Gasteiger partial charge in [-0.1, -0.05) is 60.7 Å². The third-order valence-corrected chi connectivity index (χ3v) is 5.39. The maximum absolute atomic E-state index is 11.0. The zero-order valence-corrected chi connectivity index (χ0v) is 15.0. The van der Waals surface area contributed by atoms with Crippen molar-refractivity contribution in [1.82, 2.24) is 0 Å². The predicted octanol–water partition coefficient (Wildman–Crippen LogP) is 6.01. The van der Waals surface area contributed by atoms with Crippen LogP contribution in [0, 0.1) is 10.1 Å². The van der Waals surface area contributed by atoms with Crippen molar-refractivity contribution in [1.29, 1.82) is 0 Å². The number of nitrogens with zero attached hydrogens (tertiary/aromatic N) is 1. The summed E-state index contributed by atoms with van der Waals surface area (Å²) in [4.78, 5) is 10.6. The summed E-state index contributed by atoms with van der Waals surface area (Å²) in [5, 5.41) is 13.4. The molecule has 0 fully saturated rings. The van der Waals surface area contributed by atoms with Gasteiger partial charge in [-0.05, 0) is 40.1 Å². The standard InChI is InChI=1S/C24H17NO3/c26-25(27)19-13-10-18(11-14-19)24-22(17-7-2-1-3-8-17)23-20-9-5-4-6-16(20)12-15-21(23)28-24/h1-15,22,24H. The van der Waals surface area contributed by atoms with Gasteiger partial charge in [0.2, 0.25) is 0 Å². The Kier molecular flexibility index (Phi) is 3.83. The number of hydrogen-bond acceptors (Lipinski definition) is 3. The molecule has 1 aliphatic rings. The molecule has 28 heavy (non-hydrogen) atoms. The van der Waals surface area contributed by atoms with Crippen molar-refractivity contribution in [3.8, 4) is 5.75 Å². The Bertz CT molecular complexity index is 1170. The summed E-state index contributed by atoms with van der Waals surface area (Å²) >= 11 is 0. The maximum Gasteiger partial charge on any atom is 0.269 e. The van der Waals surface area contributed by atoms with E-state index in [2.05, 4.69) is 30.3 Å². The molecule has 0 bridgehead atoms. The van der Waals surface area contributed by atoms with Gasteiger partial charge >= 0.3 is 0 Å². The molecule has 2 unspecified atom stereocenters. The maximum atomic E-state index is 11.0. The molecule has 136 valence electrons. The molecule has 0 amide bonds. The molecule has 4 nitrogen and oxygen atoms in total. The quantitative estimate of drug-likeness (QED) is 0.329. The van der Waals surface area contributed by atoms with Crippen molar-refractivity contribution in [2.75, 3.05) is 0 Å². The fourth-order valence-electron chi connectivity index (χ4n) is 4.10. The number of fused-ring (bicyclic) bond motifs is 3. The first-order valence-corrected chi connectivity index (χ1v) is 9.20. The summed E-state index contributed by atoms with van der Waals surface area (Å²) in [6.07, 6.45) is -0.232. The lowest BCUT2D eigenvalue weighted by Gasteiger charge is -2.20. The minimum absolute atomic E-state index is 0.0174.